The molecule has 0 atom stereocenters. The lowest BCUT2D eigenvalue weighted by molar-refractivity contribution is 0.670. The van der Waals surface area contributed by atoms with E-state index in [4.69, 9.17) is 4.42 Å². The number of fused-ring (bicyclic) bond motifs is 7. The lowest BCUT2D eigenvalue weighted by atomic mass is 9.96. The van der Waals surface area contributed by atoms with Crippen molar-refractivity contribution in [2.45, 2.75) is 0 Å². The van der Waals surface area contributed by atoms with Crippen molar-refractivity contribution in [1.82, 2.24) is 0 Å². The van der Waals surface area contributed by atoms with Crippen LogP contribution in [-0.4, -0.2) is 0 Å². The van der Waals surface area contributed by atoms with Gasteiger partial charge in [0, 0.05) is 53.6 Å². The fraction of sp³-hybridized carbons (Fsp3) is 0. The van der Waals surface area contributed by atoms with Crippen molar-refractivity contribution in [3.63, 3.8) is 0 Å². The Bertz CT molecular complexity index is 3950. The molecule has 0 aliphatic heterocycles. The van der Waals surface area contributed by atoms with Crippen LogP contribution in [0.4, 0.5) is 17.1 Å². The molecule has 0 aliphatic rings. The molecule has 0 spiro atoms. The summed E-state index contributed by atoms with van der Waals surface area (Å²) in [4.78, 5) is 2.35. The molecule has 3 heteroatoms. The minimum absolute atomic E-state index is 0.904. The third-order valence-corrected chi connectivity index (χ3v) is 14.4. The van der Waals surface area contributed by atoms with Gasteiger partial charge in [-0.25, -0.2) is 0 Å². The van der Waals surface area contributed by atoms with Crippen molar-refractivity contribution < 1.29 is 4.42 Å². The maximum Gasteiger partial charge on any atom is 0.143 e. The normalized spacial score (nSPS) is 11.6. The van der Waals surface area contributed by atoms with Crippen LogP contribution in [0.2, 0.25) is 0 Å². The van der Waals surface area contributed by atoms with E-state index in [2.05, 4.69) is 241 Å². The molecule has 0 saturated heterocycles. The summed E-state index contributed by atoms with van der Waals surface area (Å²) < 4.78 is 9.07. The number of furan rings is 1. The number of rotatable bonds is 8. The van der Waals surface area contributed by atoms with Gasteiger partial charge in [0.2, 0.25) is 0 Å². The molecule has 0 bridgehead atoms. The molecule has 0 fully saturated rings. The van der Waals surface area contributed by atoms with Gasteiger partial charge >= 0.3 is 0 Å². The first kappa shape index (κ1) is 38.9. The van der Waals surface area contributed by atoms with E-state index in [0.717, 1.165) is 50.1 Å². The van der Waals surface area contributed by atoms with Crippen molar-refractivity contribution in [2.24, 2.45) is 0 Å². The van der Waals surface area contributed by atoms with Crippen LogP contribution in [0, 0.1) is 0 Å². The second-order valence-corrected chi connectivity index (χ2v) is 18.3. The summed E-state index contributed by atoms with van der Waals surface area (Å²) in [6.07, 6.45) is 0. The standard InChI is InChI=1S/C64H41NOS/c1-2-11-48-41-51(27-26-42(48)10-1)50-13-7-12-49(40-50)45-24-22-43(23-25-45)44-28-34-52(35-29-44)65(53-36-30-46(31-37-53)55-16-9-21-62-63(55)59-15-4-6-20-61(59)67-62)54-38-32-47(33-39-54)56-17-8-18-58-57-14-3-5-19-60(57)66-64(56)58/h1-41H. The van der Waals surface area contributed by atoms with Gasteiger partial charge in [-0.1, -0.05) is 182 Å². The summed E-state index contributed by atoms with van der Waals surface area (Å²) in [6.45, 7) is 0. The first-order valence-corrected chi connectivity index (χ1v) is 23.6. The van der Waals surface area contributed by atoms with Gasteiger partial charge in [0.05, 0.1) is 0 Å². The van der Waals surface area contributed by atoms with Gasteiger partial charge in [0.25, 0.3) is 0 Å². The van der Waals surface area contributed by atoms with E-state index in [1.807, 2.05) is 23.5 Å². The topological polar surface area (TPSA) is 16.4 Å². The van der Waals surface area contributed by atoms with Crippen molar-refractivity contribution in [1.29, 1.82) is 0 Å². The molecule has 13 aromatic rings. The van der Waals surface area contributed by atoms with Gasteiger partial charge in [-0.15, -0.1) is 11.3 Å². The van der Waals surface area contributed by atoms with Crippen LogP contribution in [0.25, 0.3) is 109 Å². The highest BCUT2D eigenvalue weighted by molar-refractivity contribution is 7.25. The van der Waals surface area contributed by atoms with Crippen LogP contribution in [0.1, 0.15) is 0 Å². The summed E-state index contributed by atoms with van der Waals surface area (Å²) in [5.74, 6) is 0. The lowest BCUT2D eigenvalue weighted by Gasteiger charge is -2.26. The highest BCUT2D eigenvalue weighted by atomic mass is 32.1. The highest BCUT2D eigenvalue weighted by Gasteiger charge is 2.17. The van der Waals surface area contributed by atoms with Gasteiger partial charge in [0.1, 0.15) is 11.2 Å². The molecule has 0 amide bonds. The second kappa shape index (κ2) is 16.2. The summed E-state index contributed by atoms with van der Waals surface area (Å²) in [5, 5.41) is 7.41. The average Bonchev–Trinajstić information content (AvgIpc) is 3.98. The SMILES string of the molecule is c1cc(-c2ccc(-c3ccc(N(c4ccc(-c5cccc6c5oc5ccccc56)cc4)c4ccc(-c5cccc6sc7ccccc7c56)cc4)cc3)cc2)cc(-c2ccc3ccccc3c2)c1. The Hall–Kier alpha value is -8.50. The number of hydrogen-bond donors (Lipinski definition) is 0. The van der Waals surface area contributed by atoms with Crippen LogP contribution in [0.15, 0.2) is 253 Å². The second-order valence-electron chi connectivity index (χ2n) is 17.3. The van der Waals surface area contributed by atoms with Crippen molar-refractivity contribution in [3.8, 4) is 55.6 Å². The number of anilines is 3. The first-order chi connectivity index (χ1) is 33.2. The molecule has 0 unspecified atom stereocenters. The molecular formula is C64H41NOS. The molecule has 2 heterocycles. The Labute approximate surface area is 392 Å². The maximum absolute atomic E-state index is 6.45. The molecule has 0 N–H and O–H groups in total. The zero-order valence-corrected chi connectivity index (χ0v) is 37.3. The van der Waals surface area contributed by atoms with Crippen molar-refractivity contribution in [3.05, 3.63) is 249 Å². The quantitative estimate of drug-likeness (QED) is 0.151. The summed E-state index contributed by atoms with van der Waals surface area (Å²) >= 11 is 1.86. The average molecular weight is 872 g/mol. The molecule has 13 rings (SSSR count). The van der Waals surface area contributed by atoms with E-state index in [-0.39, 0.29) is 0 Å². The zero-order chi connectivity index (χ0) is 44.3. The van der Waals surface area contributed by atoms with Gasteiger partial charge in [0.15, 0.2) is 0 Å². The largest absolute Gasteiger partial charge is 0.455 e. The van der Waals surface area contributed by atoms with E-state index in [0.29, 0.717) is 0 Å². The molecule has 0 radical (unpaired) electrons. The Morgan fingerprint density at radius 1 is 0.299 bits per heavy atom. The molecular weight excluding hydrogens is 831 g/mol. The fourth-order valence-electron chi connectivity index (χ4n) is 9.92. The number of benzene rings is 11. The number of hydrogen-bond acceptors (Lipinski definition) is 3. The molecule has 314 valence electrons. The predicted octanol–water partition coefficient (Wildman–Crippen LogP) is 18.9. The zero-order valence-electron chi connectivity index (χ0n) is 36.4. The van der Waals surface area contributed by atoms with Crippen LogP contribution in [0.5, 0.6) is 0 Å². The monoisotopic (exact) mass is 871 g/mol. The Balaban J connectivity index is 0.838. The highest BCUT2D eigenvalue weighted by Crippen LogP contribution is 2.43. The molecule has 67 heavy (non-hydrogen) atoms. The number of nitrogens with zero attached hydrogens (tertiary/aromatic N) is 1. The molecule has 2 aromatic heterocycles. The van der Waals surface area contributed by atoms with Crippen LogP contribution in [0.3, 0.4) is 0 Å². The Morgan fingerprint density at radius 2 is 0.776 bits per heavy atom. The minimum atomic E-state index is 0.904. The van der Waals surface area contributed by atoms with Crippen LogP contribution < -0.4 is 4.90 Å². The Kier molecular flexibility index (Phi) is 9.40. The molecule has 11 aromatic carbocycles. The van der Waals surface area contributed by atoms with Crippen LogP contribution >= 0.6 is 11.3 Å². The third kappa shape index (κ3) is 6.96. The molecule has 2 nitrogen and oxygen atoms in total. The maximum atomic E-state index is 6.45. The van der Waals surface area contributed by atoms with E-state index in [9.17, 15) is 0 Å². The van der Waals surface area contributed by atoms with E-state index in [1.54, 1.807) is 0 Å². The van der Waals surface area contributed by atoms with Gasteiger partial charge < -0.3 is 9.32 Å². The Morgan fingerprint density at radius 3 is 1.51 bits per heavy atom. The fourth-order valence-corrected chi connectivity index (χ4v) is 11.1. The number of thiophene rings is 1. The van der Waals surface area contributed by atoms with E-state index < -0.39 is 0 Å². The summed E-state index contributed by atoms with van der Waals surface area (Å²) in [7, 11) is 0. The summed E-state index contributed by atoms with van der Waals surface area (Å²) in [5.41, 5.74) is 16.9. The third-order valence-electron chi connectivity index (χ3n) is 13.3. The minimum Gasteiger partial charge on any atom is -0.455 e. The van der Waals surface area contributed by atoms with Gasteiger partial charge in [-0.3, -0.25) is 0 Å². The van der Waals surface area contributed by atoms with Crippen LogP contribution in [-0.2, 0) is 0 Å². The first-order valence-electron chi connectivity index (χ1n) is 22.8. The summed E-state index contributed by atoms with van der Waals surface area (Å²) in [6, 6.07) is 90.1. The lowest BCUT2D eigenvalue weighted by Crippen LogP contribution is -2.09. The number of para-hydroxylation sites is 2. The van der Waals surface area contributed by atoms with E-state index in [1.165, 1.54) is 75.5 Å². The predicted molar refractivity (Wildman–Crippen MR) is 286 cm³/mol. The smallest absolute Gasteiger partial charge is 0.143 e. The van der Waals surface area contributed by atoms with Gasteiger partial charge in [-0.05, 0) is 128 Å². The molecule has 0 aliphatic carbocycles. The van der Waals surface area contributed by atoms with Crippen molar-refractivity contribution in [2.75, 3.05) is 4.90 Å². The van der Waals surface area contributed by atoms with E-state index >= 15 is 0 Å². The van der Waals surface area contributed by atoms with Crippen molar-refractivity contribution >= 4 is 81.3 Å². The van der Waals surface area contributed by atoms with Gasteiger partial charge in [-0.2, -0.15) is 0 Å². The molecule has 0 saturated carbocycles.